The van der Waals surface area contributed by atoms with Crippen molar-refractivity contribution in [1.29, 1.82) is 0 Å². The van der Waals surface area contributed by atoms with Crippen molar-refractivity contribution in [3.63, 3.8) is 0 Å². The Bertz CT molecular complexity index is 414. The zero-order valence-corrected chi connectivity index (χ0v) is 11.6. The van der Waals surface area contributed by atoms with Gasteiger partial charge in [-0.3, -0.25) is 9.78 Å². The van der Waals surface area contributed by atoms with E-state index in [1.807, 2.05) is 6.07 Å². The Morgan fingerprint density at radius 1 is 1.32 bits per heavy atom. The molecule has 1 aromatic rings. The smallest absolute Gasteiger partial charge is 0.253 e. The first-order chi connectivity index (χ1) is 9.29. The van der Waals surface area contributed by atoms with Gasteiger partial charge in [-0.15, -0.1) is 0 Å². The first kappa shape index (κ1) is 13.8. The summed E-state index contributed by atoms with van der Waals surface area (Å²) in [6, 6.07) is 2.22. The van der Waals surface area contributed by atoms with Gasteiger partial charge in [-0.25, -0.2) is 0 Å². The molecule has 1 aromatic heterocycles. The first-order valence-electron chi connectivity index (χ1n) is 7.29. The molecule has 4 nitrogen and oxygen atoms in total. The number of carbonyl (C=O) groups excluding carboxylic acids is 1. The molecule has 1 saturated carbocycles. The molecule has 2 rings (SSSR count). The van der Waals surface area contributed by atoms with Crippen molar-refractivity contribution in [2.45, 2.75) is 51.5 Å². The Morgan fingerprint density at radius 3 is 2.84 bits per heavy atom. The van der Waals surface area contributed by atoms with Gasteiger partial charge in [0.15, 0.2) is 0 Å². The third-order valence-electron chi connectivity index (χ3n) is 3.52. The van der Waals surface area contributed by atoms with E-state index in [0.717, 1.165) is 31.5 Å². The summed E-state index contributed by atoms with van der Waals surface area (Å²) >= 11 is 0. The van der Waals surface area contributed by atoms with Crippen LogP contribution in [0.5, 0.6) is 0 Å². The van der Waals surface area contributed by atoms with Gasteiger partial charge >= 0.3 is 0 Å². The Balaban J connectivity index is 1.93. The number of aromatic nitrogens is 1. The molecule has 0 radical (unpaired) electrons. The van der Waals surface area contributed by atoms with E-state index >= 15 is 0 Å². The van der Waals surface area contributed by atoms with Gasteiger partial charge in [-0.2, -0.15) is 0 Å². The monoisotopic (exact) mass is 261 g/mol. The highest BCUT2D eigenvalue weighted by Crippen LogP contribution is 2.18. The predicted molar refractivity (Wildman–Crippen MR) is 77.4 cm³/mol. The summed E-state index contributed by atoms with van der Waals surface area (Å²) in [5, 5.41) is 6.36. The second kappa shape index (κ2) is 7.12. The number of hydrogen-bond acceptors (Lipinski definition) is 3. The van der Waals surface area contributed by atoms with Crippen molar-refractivity contribution in [3.05, 3.63) is 24.0 Å². The number of amides is 1. The molecule has 1 fully saturated rings. The molecule has 0 bridgehead atoms. The molecule has 0 spiro atoms. The van der Waals surface area contributed by atoms with E-state index in [0.29, 0.717) is 11.6 Å². The Morgan fingerprint density at radius 2 is 2.11 bits per heavy atom. The zero-order valence-electron chi connectivity index (χ0n) is 11.6. The van der Waals surface area contributed by atoms with Gasteiger partial charge in [-0.1, -0.05) is 26.2 Å². The summed E-state index contributed by atoms with van der Waals surface area (Å²) in [5.74, 6) is -0.000418. The Hall–Kier alpha value is -1.58. The molecule has 1 amide bonds. The summed E-state index contributed by atoms with van der Waals surface area (Å²) in [5.41, 5.74) is 1.56. The standard InChI is InChI=1S/C15H23N3O/c1-2-8-17-14-9-12(10-16-11-14)15(19)18-13-6-4-3-5-7-13/h9-11,13,17H,2-8H2,1H3,(H,18,19). The van der Waals surface area contributed by atoms with Crippen LogP contribution in [0.2, 0.25) is 0 Å². The third-order valence-corrected chi connectivity index (χ3v) is 3.52. The topological polar surface area (TPSA) is 54.0 Å². The van der Waals surface area contributed by atoms with Crippen LogP contribution in [-0.4, -0.2) is 23.5 Å². The number of hydrogen-bond donors (Lipinski definition) is 2. The summed E-state index contributed by atoms with van der Waals surface area (Å²) < 4.78 is 0. The quantitative estimate of drug-likeness (QED) is 0.856. The fourth-order valence-electron chi connectivity index (χ4n) is 2.45. The van der Waals surface area contributed by atoms with Crippen molar-refractivity contribution in [2.24, 2.45) is 0 Å². The third kappa shape index (κ3) is 4.23. The van der Waals surface area contributed by atoms with Gasteiger partial charge in [0.1, 0.15) is 0 Å². The summed E-state index contributed by atoms with van der Waals surface area (Å²) in [7, 11) is 0. The van der Waals surface area contributed by atoms with Crippen molar-refractivity contribution in [3.8, 4) is 0 Å². The van der Waals surface area contributed by atoms with E-state index < -0.39 is 0 Å². The predicted octanol–water partition coefficient (Wildman–Crippen LogP) is 2.97. The van der Waals surface area contributed by atoms with Crippen LogP contribution in [0.15, 0.2) is 18.5 Å². The maximum Gasteiger partial charge on any atom is 0.253 e. The van der Waals surface area contributed by atoms with Gasteiger partial charge in [0.2, 0.25) is 0 Å². The van der Waals surface area contributed by atoms with Gasteiger partial charge in [0.25, 0.3) is 5.91 Å². The molecule has 104 valence electrons. The molecule has 2 N–H and O–H groups in total. The average molecular weight is 261 g/mol. The summed E-state index contributed by atoms with van der Waals surface area (Å²) in [6.45, 7) is 3.01. The molecule has 0 aromatic carbocycles. The highest BCUT2D eigenvalue weighted by molar-refractivity contribution is 5.94. The van der Waals surface area contributed by atoms with Crippen LogP contribution >= 0.6 is 0 Å². The molecule has 1 aliphatic rings. The van der Waals surface area contributed by atoms with E-state index in [-0.39, 0.29) is 5.91 Å². The van der Waals surface area contributed by atoms with Gasteiger partial charge < -0.3 is 10.6 Å². The summed E-state index contributed by atoms with van der Waals surface area (Å²) in [4.78, 5) is 16.3. The molecule has 0 saturated heterocycles. The van der Waals surface area contributed by atoms with Crippen molar-refractivity contribution < 1.29 is 4.79 Å². The van der Waals surface area contributed by atoms with Crippen LogP contribution < -0.4 is 10.6 Å². The molecule has 0 atom stereocenters. The number of rotatable bonds is 5. The van der Waals surface area contributed by atoms with Crippen LogP contribution in [0.3, 0.4) is 0 Å². The number of nitrogens with one attached hydrogen (secondary N) is 2. The number of anilines is 1. The van der Waals surface area contributed by atoms with E-state index in [4.69, 9.17) is 0 Å². The normalized spacial score (nSPS) is 16.1. The molecular weight excluding hydrogens is 238 g/mol. The lowest BCUT2D eigenvalue weighted by molar-refractivity contribution is 0.0927. The maximum absolute atomic E-state index is 12.2. The van der Waals surface area contributed by atoms with E-state index in [9.17, 15) is 4.79 Å². The van der Waals surface area contributed by atoms with Crippen LogP contribution in [0.25, 0.3) is 0 Å². The number of carbonyl (C=O) groups is 1. The minimum atomic E-state index is -0.000418. The molecular formula is C15H23N3O. The minimum absolute atomic E-state index is 0.000418. The molecule has 19 heavy (non-hydrogen) atoms. The first-order valence-corrected chi connectivity index (χ1v) is 7.29. The minimum Gasteiger partial charge on any atom is -0.384 e. The van der Waals surface area contributed by atoms with Gasteiger partial charge in [0.05, 0.1) is 11.3 Å². The lowest BCUT2D eigenvalue weighted by Gasteiger charge is -2.22. The van der Waals surface area contributed by atoms with Crippen molar-refractivity contribution in [2.75, 3.05) is 11.9 Å². The lowest BCUT2D eigenvalue weighted by Crippen LogP contribution is -2.36. The number of nitrogens with zero attached hydrogens (tertiary/aromatic N) is 1. The van der Waals surface area contributed by atoms with Crippen molar-refractivity contribution in [1.82, 2.24) is 10.3 Å². The summed E-state index contributed by atoms with van der Waals surface area (Å²) in [6.07, 6.45) is 10.4. The molecule has 4 heteroatoms. The van der Waals surface area contributed by atoms with Crippen LogP contribution in [0, 0.1) is 0 Å². The van der Waals surface area contributed by atoms with Gasteiger partial charge in [-0.05, 0) is 25.3 Å². The average Bonchev–Trinajstić information content (AvgIpc) is 2.46. The van der Waals surface area contributed by atoms with Gasteiger partial charge in [0, 0.05) is 25.0 Å². The van der Waals surface area contributed by atoms with E-state index in [1.54, 1.807) is 12.4 Å². The van der Waals surface area contributed by atoms with E-state index in [2.05, 4.69) is 22.5 Å². The fourth-order valence-corrected chi connectivity index (χ4v) is 2.45. The van der Waals surface area contributed by atoms with Crippen LogP contribution in [0.1, 0.15) is 55.8 Å². The zero-order chi connectivity index (χ0) is 13.5. The maximum atomic E-state index is 12.2. The van der Waals surface area contributed by atoms with Crippen molar-refractivity contribution >= 4 is 11.6 Å². The lowest BCUT2D eigenvalue weighted by atomic mass is 9.95. The number of pyridine rings is 1. The van der Waals surface area contributed by atoms with E-state index in [1.165, 1.54) is 19.3 Å². The molecule has 0 aliphatic heterocycles. The second-order valence-electron chi connectivity index (χ2n) is 5.20. The highest BCUT2D eigenvalue weighted by Gasteiger charge is 2.16. The fraction of sp³-hybridized carbons (Fsp3) is 0.600. The Kier molecular flexibility index (Phi) is 5.19. The SMILES string of the molecule is CCCNc1cncc(C(=O)NC2CCCCC2)c1. The van der Waals surface area contributed by atoms with Crippen LogP contribution in [-0.2, 0) is 0 Å². The molecule has 0 unspecified atom stereocenters. The molecule has 1 aliphatic carbocycles. The largest absolute Gasteiger partial charge is 0.384 e. The van der Waals surface area contributed by atoms with Crippen LogP contribution in [0.4, 0.5) is 5.69 Å². The second-order valence-corrected chi connectivity index (χ2v) is 5.20. The highest BCUT2D eigenvalue weighted by atomic mass is 16.1. The Labute approximate surface area is 115 Å². The molecule has 1 heterocycles.